The molecule has 1 fully saturated rings. The molecule has 0 unspecified atom stereocenters. The molecule has 2 atom stereocenters. The van der Waals surface area contributed by atoms with Crippen molar-refractivity contribution in [3.63, 3.8) is 0 Å². The van der Waals surface area contributed by atoms with Gasteiger partial charge in [-0.3, -0.25) is 4.90 Å². The van der Waals surface area contributed by atoms with Gasteiger partial charge in [0.05, 0.1) is 4.90 Å². The predicted molar refractivity (Wildman–Crippen MR) is 77.8 cm³/mol. The minimum atomic E-state index is -3.78. The molecule has 1 aromatic carbocycles. The molecular formula is C11H10Br2FN3O2S. The van der Waals surface area contributed by atoms with Gasteiger partial charge in [-0.05, 0) is 34.1 Å². The number of hydrogen-bond donors (Lipinski definition) is 1. The van der Waals surface area contributed by atoms with E-state index in [-0.39, 0.29) is 17.9 Å². The van der Waals surface area contributed by atoms with Crippen LogP contribution in [0.15, 0.2) is 32.0 Å². The molecule has 1 aromatic rings. The molecule has 0 amide bonds. The van der Waals surface area contributed by atoms with Crippen molar-refractivity contribution < 1.29 is 12.8 Å². The maximum absolute atomic E-state index is 13.4. The van der Waals surface area contributed by atoms with Gasteiger partial charge in [0.15, 0.2) is 12.5 Å². The van der Waals surface area contributed by atoms with Crippen molar-refractivity contribution in [3.8, 4) is 6.19 Å². The lowest BCUT2D eigenvalue weighted by Gasteiger charge is -2.13. The minimum Gasteiger partial charge on any atom is -0.277 e. The predicted octanol–water partition coefficient (Wildman–Crippen LogP) is 2.34. The third-order valence-electron chi connectivity index (χ3n) is 2.87. The molecule has 0 aliphatic carbocycles. The van der Waals surface area contributed by atoms with Crippen molar-refractivity contribution in [2.24, 2.45) is 0 Å². The molecule has 1 saturated heterocycles. The van der Waals surface area contributed by atoms with Crippen LogP contribution in [0.5, 0.6) is 0 Å². The minimum absolute atomic E-state index is 0.0303. The highest BCUT2D eigenvalue weighted by Gasteiger charge is 2.34. The summed E-state index contributed by atoms with van der Waals surface area (Å²) in [5.74, 6) is 0. The van der Waals surface area contributed by atoms with E-state index in [1.54, 1.807) is 18.3 Å². The molecule has 9 heteroatoms. The first kappa shape index (κ1) is 15.7. The fourth-order valence-electron chi connectivity index (χ4n) is 1.94. The fraction of sp³-hybridized carbons (Fsp3) is 0.364. The Morgan fingerprint density at radius 2 is 2.15 bits per heavy atom. The summed E-state index contributed by atoms with van der Waals surface area (Å²) in [5, 5.41) is 8.70. The van der Waals surface area contributed by atoms with Crippen molar-refractivity contribution in [3.05, 3.63) is 27.1 Å². The zero-order chi connectivity index (χ0) is 14.9. The Bertz CT molecular complexity index is 662. The maximum atomic E-state index is 13.4. The van der Waals surface area contributed by atoms with Gasteiger partial charge in [-0.25, -0.2) is 17.5 Å². The van der Waals surface area contributed by atoms with E-state index < -0.39 is 22.4 Å². The van der Waals surface area contributed by atoms with Gasteiger partial charge >= 0.3 is 0 Å². The molecule has 108 valence electrons. The Balaban J connectivity index is 2.21. The van der Waals surface area contributed by atoms with Gasteiger partial charge in [-0.1, -0.05) is 15.9 Å². The number of nitrogens with zero attached hydrogens (tertiary/aromatic N) is 2. The summed E-state index contributed by atoms with van der Waals surface area (Å²) in [5.41, 5.74) is 0. The Kier molecular flexibility index (Phi) is 4.69. The Morgan fingerprint density at radius 1 is 1.45 bits per heavy atom. The van der Waals surface area contributed by atoms with E-state index in [1.165, 1.54) is 6.07 Å². The highest BCUT2D eigenvalue weighted by molar-refractivity contribution is 9.11. The number of likely N-dealkylation sites (tertiary alicyclic amines) is 1. The van der Waals surface area contributed by atoms with Crippen molar-refractivity contribution >= 4 is 41.9 Å². The fourth-order valence-corrected chi connectivity index (χ4v) is 4.69. The summed E-state index contributed by atoms with van der Waals surface area (Å²) in [6.07, 6.45) is 0.207. The zero-order valence-corrected chi connectivity index (χ0v) is 14.0. The van der Waals surface area contributed by atoms with Gasteiger partial charge < -0.3 is 0 Å². The largest absolute Gasteiger partial charge is 0.277 e. The molecule has 1 heterocycles. The van der Waals surface area contributed by atoms with E-state index in [1.807, 2.05) is 0 Å². The first-order valence-electron chi connectivity index (χ1n) is 5.61. The quantitative estimate of drug-likeness (QED) is 0.594. The highest BCUT2D eigenvalue weighted by Crippen LogP contribution is 2.27. The second-order valence-corrected chi connectivity index (χ2v) is 7.77. The summed E-state index contributed by atoms with van der Waals surface area (Å²) in [6.45, 7) is 0.0303. The van der Waals surface area contributed by atoms with E-state index in [2.05, 4.69) is 36.6 Å². The summed E-state index contributed by atoms with van der Waals surface area (Å²) in [6, 6.07) is 4.14. The van der Waals surface area contributed by atoms with Gasteiger partial charge in [0.2, 0.25) is 10.0 Å². The van der Waals surface area contributed by atoms with Crippen molar-refractivity contribution in [2.45, 2.75) is 23.7 Å². The van der Waals surface area contributed by atoms with Crippen LogP contribution in [0.1, 0.15) is 6.42 Å². The van der Waals surface area contributed by atoms with Gasteiger partial charge in [0.25, 0.3) is 0 Å². The molecule has 0 bridgehead atoms. The molecule has 0 radical (unpaired) electrons. The molecule has 0 aromatic heterocycles. The molecule has 1 N–H and O–H groups in total. The van der Waals surface area contributed by atoms with Crippen molar-refractivity contribution in [2.75, 3.05) is 6.54 Å². The van der Waals surface area contributed by atoms with Gasteiger partial charge in [-0.15, -0.1) is 0 Å². The van der Waals surface area contributed by atoms with Crippen molar-refractivity contribution in [1.82, 2.24) is 9.62 Å². The first-order valence-corrected chi connectivity index (χ1v) is 8.68. The van der Waals surface area contributed by atoms with Gasteiger partial charge in [0, 0.05) is 28.0 Å². The summed E-state index contributed by atoms with van der Waals surface area (Å²) in [7, 11) is -3.78. The van der Waals surface area contributed by atoms with E-state index in [9.17, 15) is 12.8 Å². The van der Waals surface area contributed by atoms with Gasteiger partial charge in [-0.2, -0.15) is 5.26 Å². The van der Waals surface area contributed by atoms with Crippen LogP contribution < -0.4 is 4.72 Å². The zero-order valence-electron chi connectivity index (χ0n) is 10.1. The number of hydrogen-bond acceptors (Lipinski definition) is 4. The van der Waals surface area contributed by atoms with Crippen LogP contribution in [0, 0.1) is 11.5 Å². The van der Waals surface area contributed by atoms with E-state index in [4.69, 9.17) is 5.26 Å². The van der Waals surface area contributed by atoms with Crippen LogP contribution >= 0.6 is 31.9 Å². The standard InChI is InChI=1S/C11H10Br2FN3O2S/c12-7-1-2-9(13)10(3-7)20(18,19)16-8-4-11(14)17(5-8)6-15/h1-3,8,11,16H,4-5H2/t8-,11-/m1/s1. The van der Waals surface area contributed by atoms with Crippen LogP contribution in [0.2, 0.25) is 0 Å². The average molecular weight is 427 g/mol. The molecule has 1 aliphatic heterocycles. The van der Waals surface area contributed by atoms with E-state index >= 15 is 0 Å². The molecular weight excluding hydrogens is 417 g/mol. The van der Waals surface area contributed by atoms with Crippen molar-refractivity contribution in [1.29, 1.82) is 5.26 Å². The lowest BCUT2D eigenvalue weighted by Crippen LogP contribution is -2.36. The normalized spacial score (nSPS) is 22.8. The van der Waals surface area contributed by atoms with Crippen LogP contribution in [0.4, 0.5) is 4.39 Å². The molecule has 0 spiro atoms. The third-order valence-corrected chi connectivity index (χ3v) is 5.87. The topological polar surface area (TPSA) is 73.2 Å². The number of alkyl halides is 1. The molecule has 2 rings (SSSR count). The Labute approximate surface area is 133 Å². The number of rotatable bonds is 3. The second kappa shape index (κ2) is 5.97. The van der Waals surface area contributed by atoms with Gasteiger partial charge in [0.1, 0.15) is 0 Å². The molecule has 1 aliphatic rings. The number of halogens is 3. The second-order valence-electron chi connectivity index (χ2n) is 4.32. The third kappa shape index (κ3) is 3.31. The number of nitriles is 1. The summed E-state index contributed by atoms with van der Waals surface area (Å²) in [4.78, 5) is 0.987. The maximum Gasteiger partial charge on any atom is 0.242 e. The molecule has 20 heavy (non-hydrogen) atoms. The SMILES string of the molecule is N#CN1C[C@H](NS(=O)(=O)c2cc(Br)ccc2Br)C[C@@H]1F. The summed E-state index contributed by atoms with van der Waals surface area (Å²) >= 11 is 6.38. The number of nitrogens with one attached hydrogen (secondary N) is 1. The molecule has 0 saturated carbocycles. The van der Waals surface area contributed by atoms with Crippen LogP contribution in [-0.2, 0) is 10.0 Å². The monoisotopic (exact) mass is 425 g/mol. The smallest absolute Gasteiger partial charge is 0.242 e. The lowest BCUT2D eigenvalue weighted by atomic mass is 10.3. The Hall–Kier alpha value is -0.690. The highest BCUT2D eigenvalue weighted by atomic mass is 79.9. The van der Waals surface area contributed by atoms with Crippen LogP contribution in [-0.4, -0.2) is 32.2 Å². The lowest BCUT2D eigenvalue weighted by molar-refractivity contribution is 0.188. The number of sulfonamides is 1. The number of benzene rings is 1. The van der Waals surface area contributed by atoms with Crippen LogP contribution in [0.25, 0.3) is 0 Å². The molecule has 5 nitrogen and oxygen atoms in total. The average Bonchev–Trinajstić information content (AvgIpc) is 2.71. The van der Waals surface area contributed by atoms with Crippen LogP contribution in [0.3, 0.4) is 0 Å². The Morgan fingerprint density at radius 3 is 2.75 bits per heavy atom. The van der Waals surface area contributed by atoms with E-state index in [0.717, 1.165) is 4.90 Å². The first-order chi connectivity index (χ1) is 9.33. The van der Waals surface area contributed by atoms with E-state index in [0.29, 0.717) is 8.95 Å². The summed E-state index contributed by atoms with van der Waals surface area (Å²) < 4.78 is 41.4.